The summed E-state index contributed by atoms with van der Waals surface area (Å²) in [5.41, 5.74) is 2.75. The van der Waals surface area contributed by atoms with E-state index in [-0.39, 0.29) is 18.3 Å². The molecule has 1 amide bonds. The topological polar surface area (TPSA) is 46.6 Å². The summed E-state index contributed by atoms with van der Waals surface area (Å²) in [6.07, 6.45) is 0.181. The van der Waals surface area contributed by atoms with Gasteiger partial charge in [0.25, 0.3) is 5.91 Å². The molecule has 120 valence electrons. The van der Waals surface area contributed by atoms with Gasteiger partial charge in [0.1, 0.15) is 0 Å². The summed E-state index contributed by atoms with van der Waals surface area (Å²) in [6.45, 7) is 2.77. The van der Waals surface area contributed by atoms with Gasteiger partial charge >= 0.3 is 5.97 Å². The number of nitrogens with zero attached hydrogens (tertiary/aromatic N) is 1. The maximum absolute atomic E-state index is 12.7. The Hall–Kier alpha value is -2.62. The lowest BCUT2D eigenvalue weighted by atomic mass is 10.1. The third kappa shape index (κ3) is 4.95. The summed E-state index contributed by atoms with van der Waals surface area (Å²) in [7, 11) is 1.35. The van der Waals surface area contributed by atoms with Crippen LogP contribution in [0.25, 0.3) is 0 Å². The summed E-state index contributed by atoms with van der Waals surface area (Å²) >= 11 is 0. The molecule has 2 aromatic rings. The van der Waals surface area contributed by atoms with Gasteiger partial charge in [-0.15, -0.1) is 0 Å². The fourth-order valence-corrected chi connectivity index (χ4v) is 2.26. The number of carbonyl (C=O) groups is 2. The average Bonchev–Trinajstić information content (AvgIpc) is 2.59. The minimum absolute atomic E-state index is 0.0854. The van der Waals surface area contributed by atoms with Crippen LogP contribution in [0.5, 0.6) is 0 Å². The molecule has 0 radical (unpaired) electrons. The van der Waals surface area contributed by atoms with Crippen molar-refractivity contribution in [1.82, 2.24) is 4.90 Å². The minimum atomic E-state index is -0.320. The quantitative estimate of drug-likeness (QED) is 0.770. The fraction of sp³-hybridized carbons (Fsp3) is 0.263. The van der Waals surface area contributed by atoms with Crippen LogP contribution < -0.4 is 0 Å². The molecule has 0 aliphatic rings. The Morgan fingerprint density at radius 3 is 2.26 bits per heavy atom. The first-order chi connectivity index (χ1) is 11.1. The Labute approximate surface area is 136 Å². The van der Waals surface area contributed by atoms with Crippen molar-refractivity contribution in [2.45, 2.75) is 19.9 Å². The molecule has 0 bridgehead atoms. The SMILES string of the molecule is COC(=O)CCN(Cc1ccccc1)C(=O)c1ccc(C)cc1. The highest BCUT2D eigenvalue weighted by atomic mass is 16.5. The van der Waals surface area contributed by atoms with Crippen molar-refractivity contribution in [3.63, 3.8) is 0 Å². The van der Waals surface area contributed by atoms with E-state index in [9.17, 15) is 9.59 Å². The van der Waals surface area contributed by atoms with Crippen molar-refractivity contribution in [1.29, 1.82) is 0 Å². The highest BCUT2D eigenvalue weighted by Gasteiger charge is 2.17. The summed E-state index contributed by atoms with van der Waals surface area (Å²) in [5, 5.41) is 0. The molecule has 0 spiro atoms. The zero-order valence-electron chi connectivity index (χ0n) is 13.5. The van der Waals surface area contributed by atoms with Crippen LogP contribution in [0.15, 0.2) is 54.6 Å². The lowest BCUT2D eigenvalue weighted by Gasteiger charge is -2.22. The molecule has 4 nitrogen and oxygen atoms in total. The Morgan fingerprint density at radius 1 is 1.00 bits per heavy atom. The number of esters is 1. The molecule has 0 aromatic heterocycles. The monoisotopic (exact) mass is 311 g/mol. The van der Waals surface area contributed by atoms with Gasteiger partial charge in [-0.2, -0.15) is 0 Å². The molecule has 0 saturated heterocycles. The van der Waals surface area contributed by atoms with Gasteiger partial charge in [0.05, 0.1) is 13.5 Å². The van der Waals surface area contributed by atoms with E-state index in [1.165, 1.54) is 7.11 Å². The molecule has 2 rings (SSSR count). The van der Waals surface area contributed by atoms with Crippen molar-refractivity contribution >= 4 is 11.9 Å². The second-order valence-electron chi connectivity index (χ2n) is 5.40. The van der Waals surface area contributed by atoms with E-state index in [4.69, 9.17) is 0 Å². The number of rotatable bonds is 6. The molecule has 23 heavy (non-hydrogen) atoms. The van der Waals surface area contributed by atoms with Gasteiger partial charge in [-0.25, -0.2) is 0 Å². The van der Waals surface area contributed by atoms with Gasteiger partial charge in [-0.3, -0.25) is 9.59 Å². The van der Waals surface area contributed by atoms with Gasteiger partial charge < -0.3 is 9.64 Å². The molecular weight excluding hydrogens is 290 g/mol. The predicted octanol–water partition coefficient (Wildman–Crippen LogP) is 3.20. The van der Waals surface area contributed by atoms with Crippen LogP contribution in [0.4, 0.5) is 0 Å². The van der Waals surface area contributed by atoms with Gasteiger partial charge in [-0.1, -0.05) is 48.0 Å². The second kappa shape index (κ2) is 8.13. The number of benzene rings is 2. The third-order valence-electron chi connectivity index (χ3n) is 3.62. The molecule has 4 heteroatoms. The van der Waals surface area contributed by atoms with Crippen molar-refractivity contribution in [3.8, 4) is 0 Å². The molecule has 0 heterocycles. The Balaban J connectivity index is 2.15. The summed E-state index contributed by atoms with van der Waals surface area (Å²) in [6, 6.07) is 17.2. The summed E-state index contributed by atoms with van der Waals surface area (Å²) in [4.78, 5) is 25.8. The number of hydrogen-bond donors (Lipinski definition) is 0. The molecule has 0 unspecified atom stereocenters. The molecule has 0 atom stereocenters. The predicted molar refractivity (Wildman–Crippen MR) is 89.0 cm³/mol. The maximum atomic E-state index is 12.7. The second-order valence-corrected chi connectivity index (χ2v) is 5.40. The van der Waals surface area contributed by atoms with Crippen LogP contribution in [0, 0.1) is 6.92 Å². The maximum Gasteiger partial charge on any atom is 0.307 e. The van der Waals surface area contributed by atoms with Crippen LogP contribution in [-0.2, 0) is 16.1 Å². The number of methoxy groups -OCH3 is 1. The Bertz CT molecular complexity index is 650. The van der Waals surface area contributed by atoms with Crippen molar-refractivity contribution in [3.05, 3.63) is 71.3 Å². The first kappa shape index (κ1) is 16.7. The highest BCUT2D eigenvalue weighted by Crippen LogP contribution is 2.12. The molecule has 0 fully saturated rings. The first-order valence-electron chi connectivity index (χ1n) is 7.57. The summed E-state index contributed by atoms with van der Waals surface area (Å²) in [5.74, 6) is -0.405. The van der Waals surface area contributed by atoms with Crippen molar-refractivity contribution < 1.29 is 14.3 Å². The third-order valence-corrected chi connectivity index (χ3v) is 3.62. The van der Waals surface area contributed by atoms with E-state index < -0.39 is 0 Å². The van der Waals surface area contributed by atoms with Crippen LogP contribution in [-0.4, -0.2) is 30.4 Å². The number of carbonyl (C=O) groups excluding carboxylic acids is 2. The van der Waals surface area contributed by atoms with Crippen LogP contribution in [0.1, 0.15) is 27.9 Å². The lowest BCUT2D eigenvalue weighted by Crippen LogP contribution is -2.32. The van der Waals surface area contributed by atoms with E-state index >= 15 is 0 Å². The number of amides is 1. The van der Waals surface area contributed by atoms with E-state index in [0.29, 0.717) is 18.7 Å². The molecule has 0 N–H and O–H groups in total. The molecule has 2 aromatic carbocycles. The van der Waals surface area contributed by atoms with E-state index in [1.807, 2.05) is 61.5 Å². The molecule has 0 saturated carbocycles. The van der Waals surface area contributed by atoms with Gasteiger partial charge in [0.2, 0.25) is 0 Å². The zero-order chi connectivity index (χ0) is 16.7. The van der Waals surface area contributed by atoms with E-state index in [1.54, 1.807) is 4.90 Å². The number of hydrogen-bond acceptors (Lipinski definition) is 3. The summed E-state index contributed by atoms with van der Waals surface area (Å²) < 4.78 is 4.68. The van der Waals surface area contributed by atoms with Gasteiger partial charge in [0, 0.05) is 18.7 Å². The highest BCUT2D eigenvalue weighted by molar-refractivity contribution is 5.94. The Morgan fingerprint density at radius 2 is 1.65 bits per heavy atom. The Kier molecular flexibility index (Phi) is 5.92. The fourth-order valence-electron chi connectivity index (χ4n) is 2.26. The normalized spacial score (nSPS) is 10.2. The number of ether oxygens (including phenoxy) is 1. The first-order valence-corrected chi connectivity index (χ1v) is 7.57. The average molecular weight is 311 g/mol. The molecular formula is C19H21NO3. The molecule has 0 aliphatic carbocycles. The lowest BCUT2D eigenvalue weighted by molar-refractivity contribution is -0.140. The van der Waals surface area contributed by atoms with Crippen LogP contribution in [0.2, 0.25) is 0 Å². The standard InChI is InChI=1S/C19H21NO3/c1-15-8-10-17(11-9-15)19(22)20(13-12-18(21)23-2)14-16-6-4-3-5-7-16/h3-11H,12-14H2,1-2H3. The van der Waals surface area contributed by atoms with Gasteiger partial charge in [-0.05, 0) is 24.6 Å². The van der Waals surface area contributed by atoms with Crippen molar-refractivity contribution in [2.24, 2.45) is 0 Å². The van der Waals surface area contributed by atoms with E-state index in [2.05, 4.69) is 4.74 Å². The largest absolute Gasteiger partial charge is 0.469 e. The van der Waals surface area contributed by atoms with Crippen molar-refractivity contribution in [2.75, 3.05) is 13.7 Å². The smallest absolute Gasteiger partial charge is 0.307 e. The van der Waals surface area contributed by atoms with Crippen LogP contribution in [0.3, 0.4) is 0 Å². The van der Waals surface area contributed by atoms with E-state index in [0.717, 1.165) is 11.1 Å². The molecule has 0 aliphatic heterocycles. The van der Waals surface area contributed by atoms with Crippen LogP contribution >= 0.6 is 0 Å². The minimum Gasteiger partial charge on any atom is -0.469 e. The zero-order valence-corrected chi connectivity index (χ0v) is 13.5. The van der Waals surface area contributed by atoms with Gasteiger partial charge in [0.15, 0.2) is 0 Å². The number of aryl methyl sites for hydroxylation is 1.